The molecule has 1 aromatic rings. The lowest BCUT2D eigenvalue weighted by Gasteiger charge is -2.28. The molecule has 2 unspecified atom stereocenters. The zero-order valence-electron chi connectivity index (χ0n) is 11.8. The van der Waals surface area contributed by atoms with Crippen molar-refractivity contribution in [2.45, 2.75) is 45.7 Å². The van der Waals surface area contributed by atoms with Gasteiger partial charge >= 0.3 is 0 Å². The molecule has 4 heteroatoms. The van der Waals surface area contributed by atoms with Crippen molar-refractivity contribution in [2.75, 3.05) is 6.61 Å². The predicted molar refractivity (Wildman–Crippen MR) is 83.0 cm³/mol. The molecule has 1 rings (SSSR count). The smallest absolute Gasteiger partial charge is 0.0468 e. The molecule has 1 aromatic carbocycles. The molecule has 108 valence electrons. The molecule has 2 N–H and O–H groups in total. The van der Waals surface area contributed by atoms with Crippen LogP contribution in [0.2, 0.25) is 10.0 Å². The number of rotatable bonds is 7. The van der Waals surface area contributed by atoms with Crippen LogP contribution in [0.3, 0.4) is 0 Å². The van der Waals surface area contributed by atoms with Crippen molar-refractivity contribution in [3.63, 3.8) is 0 Å². The van der Waals surface area contributed by atoms with Crippen LogP contribution in [0.1, 0.15) is 45.2 Å². The van der Waals surface area contributed by atoms with Crippen molar-refractivity contribution >= 4 is 23.2 Å². The molecule has 2 nitrogen and oxygen atoms in total. The molecular formula is C15H23Cl2NO. The SMILES string of the molecule is CCC(NC(CCO)C(C)C)c1ccc(Cl)cc1Cl. The van der Waals surface area contributed by atoms with Crippen LogP contribution in [0, 0.1) is 5.92 Å². The Labute approximate surface area is 126 Å². The van der Waals surface area contributed by atoms with Crippen LogP contribution in [0.4, 0.5) is 0 Å². The molecule has 0 fully saturated rings. The number of benzene rings is 1. The summed E-state index contributed by atoms with van der Waals surface area (Å²) in [5, 5.41) is 14.1. The van der Waals surface area contributed by atoms with Gasteiger partial charge in [-0.1, -0.05) is 50.0 Å². The molecule has 0 heterocycles. The van der Waals surface area contributed by atoms with Gasteiger partial charge in [-0.05, 0) is 36.5 Å². The highest BCUT2D eigenvalue weighted by molar-refractivity contribution is 6.35. The first-order valence-electron chi connectivity index (χ1n) is 6.81. The Morgan fingerprint density at radius 3 is 2.42 bits per heavy atom. The van der Waals surface area contributed by atoms with Gasteiger partial charge in [-0.3, -0.25) is 0 Å². The summed E-state index contributed by atoms with van der Waals surface area (Å²) in [5.41, 5.74) is 1.07. The molecule has 0 saturated carbocycles. The van der Waals surface area contributed by atoms with Crippen molar-refractivity contribution < 1.29 is 5.11 Å². The third kappa shape index (κ3) is 4.96. The molecule has 0 amide bonds. The fraction of sp³-hybridized carbons (Fsp3) is 0.600. The molecule has 0 saturated heterocycles. The summed E-state index contributed by atoms with van der Waals surface area (Å²) in [7, 11) is 0. The van der Waals surface area contributed by atoms with E-state index >= 15 is 0 Å². The molecule has 0 aromatic heterocycles. The lowest BCUT2D eigenvalue weighted by atomic mass is 9.97. The normalized spacial score (nSPS) is 14.7. The van der Waals surface area contributed by atoms with E-state index < -0.39 is 0 Å². The second-order valence-electron chi connectivity index (χ2n) is 5.16. The highest BCUT2D eigenvalue weighted by atomic mass is 35.5. The Bertz CT molecular complexity index is 396. The third-order valence-corrected chi connectivity index (χ3v) is 3.97. The third-order valence-electron chi connectivity index (χ3n) is 3.41. The molecule has 0 aliphatic carbocycles. The zero-order valence-corrected chi connectivity index (χ0v) is 13.3. The van der Waals surface area contributed by atoms with E-state index in [2.05, 4.69) is 26.1 Å². The molecule has 2 atom stereocenters. The summed E-state index contributed by atoms with van der Waals surface area (Å²) < 4.78 is 0. The fourth-order valence-corrected chi connectivity index (χ4v) is 2.76. The summed E-state index contributed by atoms with van der Waals surface area (Å²) in [6.07, 6.45) is 1.69. The molecule has 0 aliphatic heterocycles. The minimum atomic E-state index is 0.184. The molecular weight excluding hydrogens is 281 g/mol. The van der Waals surface area contributed by atoms with Crippen molar-refractivity contribution in [1.29, 1.82) is 0 Å². The number of nitrogens with one attached hydrogen (secondary N) is 1. The largest absolute Gasteiger partial charge is 0.396 e. The van der Waals surface area contributed by atoms with Crippen molar-refractivity contribution in [2.24, 2.45) is 5.92 Å². The van der Waals surface area contributed by atoms with Gasteiger partial charge in [0.25, 0.3) is 0 Å². The first-order chi connectivity index (χ1) is 8.99. The second kappa shape index (κ2) is 8.11. The zero-order chi connectivity index (χ0) is 14.4. The van der Waals surface area contributed by atoms with Crippen LogP contribution in [-0.4, -0.2) is 17.8 Å². The van der Waals surface area contributed by atoms with Gasteiger partial charge in [0.1, 0.15) is 0 Å². The van der Waals surface area contributed by atoms with Gasteiger partial charge in [0.05, 0.1) is 0 Å². The van der Waals surface area contributed by atoms with Gasteiger partial charge in [-0.25, -0.2) is 0 Å². The topological polar surface area (TPSA) is 32.3 Å². The Kier molecular flexibility index (Phi) is 7.16. The Morgan fingerprint density at radius 2 is 1.95 bits per heavy atom. The first-order valence-corrected chi connectivity index (χ1v) is 7.57. The number of aliphatic hydroxyl groups excluding tert-OH is 1. The van der Waals surface area contributed by atoms with Crippen LogP contribution in [-0.2, 0) is 0 Å². The lowest BCUT2D eigenvalue weighted by Crippen LogP contribution is -2.37. The number of aliphatic hydroxyl groups is 1. The van der Waals surface area contributed by atoms with E-state index in [0.717, 1.165) is 18.4 Å². The summed E-state index contributed by atoms with van der Waals surface area (Å²) in [6.45, 7) is 6.63. The highest BCUT2D eigenvalue weighted by Gasteiger charge is 2.19. The number of halogens is 2. The van der Waals surface area contributed by atoms with E-state index in [4.69, 9.17) is 28.3 Å². The van der Waals surface area contributed by atoms with Gasteiger partial charge in [-0.15, -0.1) is 0 Å². The highest BCUT2D eigenvalue weighted by Crippen LogP contribution is 2.29. The van der Waals surface area contributed by atoms with E-state index in [-0.39, 0.29) is 18.7 Å². The van der Waals surface area contributed by atoms with Gasteiger partial charge in [0.15, 0.2) is 0 Å². The summed E-state index contributed by atoms with van der Waals surface area (Å²) in [6, 6.07) is 6.08. The van der Waals surface area contributed by atoms with Gasteiger partial charge < -0.3 is 10.4 Å². The molecule has 19 heavy (non-hydrogen) atoms. The minimum absolute atomic E-state index is 0.184. The van der Waals surface area contributed by atoms with Gasteiger partial charge in [0.2, 0.25) is 0 Å². The summed E-state index contributed by atoms with van der Waals surface area (Å²) in [5.74, 6) is 0.465. The van der Waals surface area contributed by atoms with Gasteiger partial charge in [0, 0.05) is 28.7 Å². The van der Waals surface area contributed by atoms with Gasteiger partial charge in [-0.2, -0.15) is 0 Å². The van der Waals surface area contributed by atoms with Crippen LogP contribution in [0.5, 0.6) is 0 Å². The fourth-order valence-electron chi connectivity index (χ4n) is 2.22. The molecule has 0 bridgehead atoms. The molecule has 0 spiro atoms. The summed E-state index contributed by atoms with van der Waals surface area (Å²) in [4.78, 5) is 0. The molecule has 0 radical (unpaired) electrons. The van der Waals surface area contributed by atoms with Crippen molar-refractivity contribution in [3.8, 4) is 0 Å². The van der Waals surface area contributed by atoms with E-state index in [1.807, 2.05) is 12.1 Å². The van der Waals surface area contributed by atoms with E-state index in [9.17, 15) is 0 Å². The van der Waals surface area contributed by atoms with E-state index in [1.165, 1.54) is 0 Å². The maximum atomic E-state index is 9.15. The minimum Gasteiger partial charge on any atom is -0.396 e. The van der Waals surface area contributed by atoms with E-state index in [0.29, 0.717) is 16.0 Å². The average molecular weight is 304 g/mol. The van der Waals surface area contributed by atoms with Crippen LogP contribution >= 0.6 is 23.2 Å². The maximum absolute atomic E-state index is 9.15. The summed E-state index contributed by atoms with van der Waals surface area (Å²) >= 11 is 12.2. The maximum Gasteiger partial charge on any atom is 0.0468 e. The quantitative estimate of drug-likeness (QED) is 0.780. The van der Waals surface area contributed by atoms with Crippen molar-refractivity contribution in [1.82, 2.24) is 5.32 Å². The lowest BCUT2D eigenvalue weighted by molar-refractivity contribution is 0.233. The number of hydrogen-bond acceptors (Lipinski definition) is 2. The van der Waals surface area contributed by atoms with Crippen LogP contribution < -0.4 is 5.32 Å². The first kappa shape index (κ1) is 16.8. The number of hydrogen-bond donors (Lipinski definition) is 2. The van der Waals surface area contributed by atoms with Crippen LogP contribution in [0.15, 0.2) is 18.2 Å². The Balaban J connectivity index is 2.87. The molecule has 0 aliphatic rings. The standard InChI is InChI=1S/C15H23Cl2NO/c1-4-14(18-15(7-8-19)10(2)3)12-6-5-11(16)9-13(12)17/h5-6,9-10,14-15,18-19H,4,7-8H2,1-3H3. The monoisotopic (exact) mass is 303 g/mol. The van der Waals surface area contributed by atoms with E-state index in [1.54, 1.807) is 6.07 Å². The van der Waals surface area contributed by atoms with Crippen LogP contribution in [0.25, 0.3) is 0 Å². The Hall–Kier alpha value is -0.280. The Morgan fingerprint density at radius 1 is 1.26 bits per heavy atom. The van der Waals surface area contributed by atoms with Crippen molar-refractivity contribution in [3.05, 3.63) is 33.8 Å². The predicted octanol–water partition coefficient (Wildman–Crippen LogP) is 4.44. The average Bonchev–Trinajstić information content (AvgIpc) is 2.35. The second-order valence-corrected chi connectivity index (χ2v) is 6.00.